The Bertz CT molecular complexity index is 1120. The van der Waals surface area contributed by atoms with Gasteiger partial charge in [0.1, 0.15) is 0 Å². The lowest BCUT2D eigenvalue weighted by molar-refractivity contribution is 0.0904. The largest absolute Gasteiger partial charge is 0.383 e. The Balaban J connectivity index is 2.14. The van der Waals surface area contributed by atoms with Crippen LogP contribution in [0, 0.1) is 0 Å². The van der Waals surface area contributed by atoms with Crippen molar-refractivity contribution in [3.63, 3.8) is 0 Å². The molecule has 3 N–H and O–H groups in total. The van der Waals surface area contributed by atoms with Crippen molar-refractivity contribution in [3.05, 3.63) is 75.9 Å². The number of ether oxygens (including phenoxy) is 1. The van der Waals surface area contributed by atoms with Crippen molar-refractivity contribution in [2.24, 2.45) is 5.73 Å². The number of nitrogens with two attached hydrogens (primary N) is 1. The second kappa shape index (κ2) is 9.92. The van der Waals surface area contributed by atoms with Gasteiger partial charge in [0.25, 0.3) is 5.91 Å². The van der Waals surface area contributed by atoms with Gasteiger partial charge in [0.15, 0.2) is 0 Å². The lowest BCUT2D eigenvalue weighted by Gasteiger charge is -2.17. The van der Waals surface area contributed by atoms with Gasteiger partial charge < -0.3 is 15.8 Å². The summed E-state index contributed by atoms with van der Waals surface area (Å²) in [5, 5.41) is 3.42. The van der Waals surface area contributed by atoms with Gasteiger partial charge in [-0.2, -0.15) is 0 Å². The average Bonchev–Trinajstić information content (AvgIpc) is 2.74. The van der Waals surface area contributed by atoms with Gasteiger partial charge >= 0.3 is 0 Å². The van der Waals surface area contributed by atoms with E-state index in [1.807, 2.05) is 19.1 Å². The molecule has 0 aliphatic heterocycles. The maximum Gasteiger partial charge on any atom is 0.253 e. The van der Waals surface area contributed by atoms with Crippen LogP contribution in [0.1, 0.15) is 27.6 Å². The summed E-state index contributed by atoms with van der Waals surface area (Å²) in [6, 6.07) is 13.4. The first-order valence-corrected chi connectivity index (χ1v) is 10.2. The van der Waals surface area contributed by atoms with Crippen LogP contribution >= 0.6 is 23.2 Å². The zero-order chi connectivity index (χ0) is 22.5. The van der Waals surface area contributed by atoms with Crippen molar-refractivity contribution in [1.29, 1.82) is 0 Å². The number of benzene rings is 2. The summed E-state index contributed by atoms with van der Waals surface area (Å²) in [6.07, 6.45) is 1.66. The molecule has 1 unspecified atom stereocenters. The summed E-state index contributed by atoms with van der Waals surface area (Å²) in [4.78, 5) is 29.2. The van der Waals surface area contributed by atoms with E-state index in [0.717, 1.165) is 0 Å². The van der Waals surface area contributed by atoms with E-state index in [1.54, 1.807) is 37.6 Å². The van der Waals surface area contributed by atoms with Crippen molar-refractivity contribution in [2.45, 2.75) is 13.0 Å². The van der Waals surface area contributed by atoms with Crippen LogP contribution in [-0.4, -0.2) is 36.6 Å². The highest BCUT2D eigenvalue weighted by Crippen LogP contribution is 2.38. The molecule has 0 radical (unpaired) electrons. The summed E-state index contributed by atoms with van der Waals surface area (Å²) >= 11 is 13.0. The van der Waals surface area contributed by atoms with E-state index >= 15 is 0 Å². The van der Waals surface area contributed by atoms with E-state index in [0.29, 0.717) is 34.0 Å². The van der Waals surface area contributed by atoms with Crippen LogP contribution in [0.5, 0.6) is 0 Å². The van der Waals surface area contributed by atoms with E-state index < -0.39 is 5.91 Å². The molecule has 0 saturated heterocycles. The fourth-order valence-corrected chi connectivity index (χ4v) is 3.81. The zero-order valence-corrected chi connectivity index (χ0v) is 18.5. The molecule has 2 aromatic carbocycles. The lowest BCUT2D eigenvalue weighted by atomic mass is 9.94. The Hall–Kier alpha value is -2.93. The van der Waals surface area contributed by atoms with Gasteiger partial charge in [-0.25, -0.2) is 0 Å². The molecule has 0 aliphatic rings. The number of carbonyl (C=O) groups excluding carboxylic acids is 2. The Morgan fingerprint density at radius 2 is 1.87 bits per heavy atom. The highest BCUT2D eigenvalue weighted by Gasteiger charge is 2.22. The van der Waals surface area contributed by atoms with Gasteiger partial charge in [0.2, 0.25) is 5.91 Å². The third kappa shape index (κ3) is 5.05. The lowest BCUT2D eigenvalue weighted by Crippen LogP contribution is -2.35. The molecule has 0 aliphatic carbocycles. The fourth-order valence-electron chi connectivity index (χ4n) is 3.23. The van der Waals surface area contributed by atoms with E-state index in [1.165, 1.54) is 12.1 Å². The van der Waals surface area contributed by atoms with Crippen LogP contribution in [0.4, 0.5) is 0 Å². The SMILES string of the molecule is COCC(C)NC(=O)c1ccc(C(N)=O)c(-c2ccc(Cl)c(-c3ccccn3)c2)c1Cl. The minimum absolute atomic E-state index is 0.118. The van der Waals surface area contributed by atoms with Crippen LogP contribution in [-0.2, 0) is 4.74 Å². The summed E-state index contributed by atoms with van der Waals surface area (Å²) in [6.45, 7) is 2.16. The number of halogens is 2. The molecule has 3 aromatic rings. The minimum Gasteiger partial charge on any atom is -0.383 e. The first kappa shape index (κ1) is 22.7. The van der Waals surface area contributed by atoms with E-state index in [4.69, 9.17) is 33.7 Å². The quantitative estimate of drug-likeness (QED) is 0.542. The summed E-state index contributed by atoms with van der Waals surface area (Å²) in [7, 11) is 1.55. The molecular weight excluding hydrogens is 437 g/mol. The van der Waals surface area contributed by atoms with Crippen LogP contribution in [0.25, 0.3) is 22.4 Å². The van der Waals surface area contributed by atoms with Gasteiger partial charge in [-0.05, 0) is 48.9 Å². The third-order valence-electron chi connectivity index (χ3n) is 4.64. The summed E-state index contributed by atoms with van der Waals surface area (Å²) in [5.41, 5.74) is 8.28. The van der Waals surface area contributed by atoms with E-state index in [-0.39, 0.29) is 28.1 Å². The number of pyridine rings is 1. The number of methoxy groups -OCH3 is 1. The molecule has 31 heavy (non-hydrogen) atoms. The number of hydrogen-bond donors (Lipinski definition) is 2. The van der Waals surface area contributed by atoms with Gasteiger partial charge in [-0.15, -0.1) is 0 Å². The second-order valence-electron chi connectivity index (χ2n) is 6.95. The molecule has 1 atom stereocenters. The first-order chi connectivity index (χ1) is 14.8. The number of aromatic nitrogens is 1. The van der Waals surface area contributed by atoms with Crippen LogP contribution in [0.3, 0.4) is 0 Å². The van der Waals surface area contributed by atoms with E-state index in [2.05, 4.69) is 10.3 Å². The molecule has 0 saturated carbocycles. The average molecular weight is 458 g/mol. The highest BCUT2D eigenvalue weighted by molar-refractivity contribution is 6.37. The minimum atomic E-state index is -0.661. The number of nitrogens with zero attached hydrogens (tertiary/aromatic N) is 1. The Kier molecular flexibility index (Phi) is 7.28. The van der Waals surface area contributed by atoms with Gasteiger partial charge in [0.05, 0.1) is 22.9 Å². The van der Waals surface area contributed by atoms with Crippen molar-refractivity contribution in [3.8, 4) is 22.4 Å². The molecule has 8 heteroatoms. The number of primary amides is 1. The number of rotatable bonds is 7. The first-order valence-electron chi connectivity index (χ1n) is 9.47. The fraction of sp³-hybridized carbons (Fsp3) is 0.174. The molecule has 6 nitrogen and oxygen atoms in total. The summed E-state index contributed by atoms with van der Waals surface area (Å²) < 4.78 is 5.05. The second-order valence-corrected chi connectivity index (χ2v) is 7.74. The maximum atomic E-state index is 12.8. The number of hydrogen-bond acceptors (Lipinski definition) is 4. The molecule has 0 bridgehead atoms. The molecule has 3 rings (SSSR count). The van der Waals surface area contributed by atoms with E-state index in [9.17, 15) is 9.59 Å². The topological polar surface area (TPSA) is 94.3 Å². The smallest absolute Gasteiger partial charge is 0.253 e. The number of carbonyl (C=O) groups is 2. The molecule has 0 fully saturated rings. The number of amides is 2. The summed E-state index contributed by atoms with van der Waals surface area (Å²) in [5.74, 6) is -1.04. The van der Waals surface area contributed by atoms with Crippen molar-refractivity contribution >= 4 is 35.0 Å². The predicted octanol–water partition coefficient (Wildman–Crippen LogP) is 4.59. The predicted molar refractivity (Wildman–Crippen MR) is 122 cm³/mol. The normalized spacial score (nSPS) is 11.7. The Morgan fingerprint density at radius 1 is 1.13 bits per heavy atom. The Morgan fingerprint density at radius 3 is 2.52 bits per heavy atom. The molecule has 1 heterocycles. The van der Waals surface area contributed by atoms with Crippen LogP contribution < -0.4 is 11.1 Å². The van der Waals surface area contributed by atoms with Crippen molar-refractivity contribution < 1.29 is 14.3 Å². The molecule has 1 aromatic heterocycles. The molecular formula is C23H21Cl2N3O3. The van der Waals surface area contributed by atoms with Gasteiger partial charge in [-0.3, -0.25) is 14.6 Å². The van der Waals surface area contributed by atoms with Crippen LogP contribution in [0.2, 0.25) is 10.0 Å². The molecule has 0 spiro atoms. The standard InChI is InChI=1S/C23H21Cl2N3O3/c1-13(12-31-2)28-23(30)16-8-7-15(22(26)29)20(21(16)25)14-6-9-18(24)17(11-14)19-5-3-4-10-27-19/h3-11,13H,12H2,1-2H3,(H2,26,29)(H,28,30). The monoisotopic (exact) mass is 457 g/mol. The maximum absolute atomic E-state index is 12.8. The number of nitrogens with one attached hydrogen (secondary N) is 1. The van der Waals surface area contributed by atoms with Crippen LogP contribution in [0.15, 0.2) is 54.7 Å². The van der Waals surface area contributed by atoms with Gasteiger partial charge in [-0.1, -0.05) is 35.3 Å². The van der Waals surface area contributed by atoms with Crippen molar-refractivity contribution in [2.75, 3.05) is 13.7 Å². The zero-order valence-electron chi connectivity index (χ0n) is 17.0. The van der Waals surface area contributed by atoms with Crippen molar-refractivity contribution in [1.82, 2.24) is 10.3 Å². The third-order valence-corrected chi connectivity index (χ3v) is 5.36. The Labute approximate surface area is 190 Å². The molecule has 2 amide bonds. The molecule has 160 valence electrons. The van der Waals surface area contributed by atoms with Gasteiger partial charge in [0, 0.05) is 41.1 Å². The highest BCUT2D eigenvalue weighted by atomic mass is 35.5.